The van der Waals surface area contributed by atoms with E-state index in [0.717, 1.165) is 16.4 Å². The van der Waals surface area contributed by atoms with Crippen LogP contribution in [0.25, 0.3) is 6.08 Å². The van der Waals surface area contributed by atoms with Gasteiger partial charge in [0, 0.05) is 47.9 Å². The summed E-state index contributed by atoms with van der Waals surface area (Å²) in [4.78, 5) is 28.6. The van der Waals surface area contributed by atoms with Gasteiger partial charge in [0.15, 0.2) is 0 Å². The number of amides is 2. The highest BCUT2D eigenvalue weighted by Crippen LogP contribution is 2.13. The second-order valence-corrected chi connectivity index (χ2v) is 7.66. The first-order chi connectivity index (χ1) is 14.5. The van der Waals surface area contributed by atoms with Crippen molar-refractivity contribution >= 4 is 46.0 Å². The van der Waals surface area contributed by atoms with Crippen molar-refractivity contribution in [2.45, 2.75) is 0 Å². The fourth-order valence-corrected chi connectivity index (χ4v) is 3.36. The first-order valence-electron chi connectivity index (χ1n) is 9.44. The lowest BCUT2D eigenvalue weighted by Gasteiger charge is -2.34. The summed E-state index contributed by atoms with van der Waals surface area (Å²) in [6.45, 7) is 1.93. The molecule has 2 aromatic rings. The van der Waals surface area contributed by atoms with Gasteiger partial charge in [0.1, 0.15) is 5.84 Å². The van der Waals surface area contributed by atoms with Crippen LogP contribution < -0.4 is 5.32 Å². The molecule has 2 amide bonds. The number of piperazine rings is 1. The number of halogens is 1. The number of hydrogen-bond acceptors (Lipinski definition) is 4. The van der Waals surface area contributed by atoms with Crippen LogP contribution in [0, 0.1) is 10.8 Å². The van der Waals surface area contributed by atoms with Crippen molar-refractivity contribution in [3.05, 3.63) is 75.8 Å². The molecule has 2 aromatic carbocycles. The molecule has 0 atom stereocenters. The number of hydrogen-bond donors (Lipinski definition) is 3. The van der Waals surface area contributed by atoms with Crippen molar-refractivity contribution in [1.82, 2.24) is 15.1 Å². The molecule has 30 heavy (non-hydrogen) atoms. The summed E-state index contributed by atoms with van der Waals surface area (Å²) in [5.74, 6) is -0.0514. The summed E-state index contributed by atoms with van der Waals surface area (Å²) in [5.41, 5.74) is 2.09. The van der Waals surface area contributed by atoms with Gasteiger partial charge in [0.2, 0.25) is 5.91 Å². The fraction of sp³-hybridized carbons (Fsp3) is 0.182. The van der Waals surface area contributed by atoms with Gasteiger partial charge in [-0.3, -0.25) is 20.4 Å². The van der Waals surface area contributed by atoms with Gasteiger partial charge in [-0.1, -0.05) is 40.2 Å². The van der Waals surface area contributed by atoms with Gasteiger partial charge in [0.05, 0.1) is 6.34 Å². The first-order valence-corrected chi connectivity index (χ1v) is 10.2. The molecule has 0 unspecified atom stereocenters. The maximum absolute atomic E-state index is 12.7. The molecule has 0 radical (unpaired) electrons. The van der Waals surface area contributed by atoms with Gasteiger partial charge in [-0.25, -0.2) is 0 Å². The molecule has 1 saturated heterocycles. The van der Waals surface area contributed by atoms with Crippen molar-refractivity contribution in [2.75, 3.05) is 26.2 Å². The molecule has 8 heteroatoms. The maximum atomic E-state index is 12.7. The Morgan fingerprint density at radius 2 is 1.47 bits per heavy atom. The van der Waals surface area contributed by atoms with Crippen LogP contribution in [0.3, 0.4) is 0 Å². The minimum atomic E-state index is -0.0920. The fourth-order valence-electron chi connectivity index (χ4n) is 3.09. The normalized spacial score (nSPS) is 13.9. The lowest BCUT2D eigenvalue weighted by atomic mass is 10.1. The molecule has 0 saturated carbocycles. The van der Waals surface area contributed by atoms with Crippen LogP contribution in [0.15, 0.2) is 59.1 Å². The zero-order valence-electron chi connectivity index (χ0n) is 16.3. The Kier molecular flexibility index (Phi) is 7.13. The van der Waals surface area contributed by atoms with E-state index in [2.05, 4.69) is 21.2 Å². The van der Waals surface area contributed by atoms with E-state index in [4.69, 9.17) is 10.8 Å². The van der Waals surface area contributed by atoms with Gasteiger partial charge < -0.3 is 15.1 Å². The quantitative estimate of drug-likeness (QED) is 0.357. The topological polar surface area (TPSA) is 100 Å². The third kappa shape index (κ3) is 5.42. The minimum Gasteiger partial charge on any atom is -0.336 e. The lowest BCUT2D eigenvalue weighted by molar-refractivity contribution is -0.127. The van der Waals surface area contributed by atoms with E-state index in [-0.39, 0.29) is 17.6 Å². The zero-order valence-corrected chi connectivity index (χ0v) is 17.9. The van der Waals surface area contributed by atoms with Crippen molar-refractivity contribution in [3.63, 3.8) is 0 Å². The summed E-state index contributed by atoms with van der Waals surface area (Å²) in [6.07, 6.45) is 4.30. The third-order valence-electron chi connectivity index (χ3n) is 4.80. The van der Waals surface area contributed by atoms with Crippen LogP contribution in [0.5, 0.6) is 0 Å². The highest BCUT2D eigenvalue weighted by molar-refractivity contribution is 9.10. The molecular weight excluding hydrogens is 446 g/mol. The van der Waals surface area contributed by atoms with Crippen LogP contribution in [0.4, 0.5) is 0 Å². The van der Waals surface area contributed by atoms with Crippen LogP contribution in [0.2, 0.25) is 0 Å². The van der Waals surface area contributed by atoms with Gasteiger partial charge in [0.25, 0.3) is 5.91 Å². The van der Waals surface area contributed by atoms with E-state index in [1.807, 2.05) is 24.3 Å². The minimum absolute atomic E-state index is 0.0634. The number of nitrogens with one attached hydrogen (secondary N) is 3. The Balaban J connectivity index is 1.53. The lowest BCUT2D eigenvalue weighted by Crippen LogP contribution is -2.50. The molecule has 3 rings (SSSR count). The van der Waals surface area contributed by atoms with Gasteiger partial charge in [-0.2, -0.15) is 0 Å². The summed E-state index contributed by atoms with van der Waals surface area (Å²) in [6, 6.07) is 14.4. The molecule has 154 valence electrons. The second-order valence-electron chi connectivity index (χ2n) is 6.74. The highest BCUT2D eigenvalue weighted by Gasteiger charge is 2.24. The van der Waals surface area contributed by atoms with Crippen molar-refractivity contribution in [2.24, 2.45) is 0 Å². The molecule has 1 heterocycles. The summed E-state index contributed by atoms with van der Waals surface area (Å²) in [5, 5.41) is 17.2. The first kappa shape index (κ1) is 21.4. The van der Waals surface area contributed by atoms with Crippen LogP contribution in [-0.4, -0.2) is 60.0 Å². The average Bonchev–Trinajstić information content (AvgIpc) is 2.78. The predicted molar refractivity (Wildman–Crippen MR) is 121 cm³/mol. The predicted octanol–water partition coefficient (Wildman–Crippen LogP) is 2.97. The number of carbonyl (C=O) groups excluding carboxylic acids is 2. The van der Waals surface area contributed by atoms with E-state index < -0.39 is 0 Å². The molecular formula is C22H22BrN5O2. The third-order valence-corrected chi connectivity index (χ3v) is 5.33. The van der Waals surface area contributed by atoms with E-state index in [1.165, 1.54) is 0 Å². The highest BCUT2D eigenvalue weighted by atomic mass is 79.9. The van der Waals surface area contributed by atoms with Gasteiger partial charge in [-0.15, -0.1) is 0 Å². The van der Waals surface area contributed by atoms with E-state index in [1.54, 1.807) is 46.2 Å². The van der Waals surface area contributed by atoms with Crippen molar-refractivity contribution in [1.29, 1.82) is 10.8 Å². The van der Waals surface area contributed by atoms with E-state index in [0.29, 0.717) is 37.3 Å². The Morgan fingerprint density at radius 1 is 0.900 bits per heavy atom. The van der Waals surface area contributed by atoms with Crippen molar-refractivity contribution < 1.29 is 9.59 Å². The standard InChI is InChI=1S/C22H22BrN5O2/c23-19-8-1-16(2-9-19)3-10-20(29)27-11-13-28(14-12-27)22(30)18-6-4-17(5-7-18)21(25)26-15-24/h1-10,15H,11-14H2,(H3,24,25,26)/b10-3+. The number of rotatable bonds is 5. The molecule has 0 spiro atoms. The molecule has 3 N–H and O–H groups in total. The van der Waals surface area contributed by atoms with Crippen LogP contribution in [-0.2, 0) is 4.79 Å². The van der Waals surface area contributed by atoms with Crippen LogP contribution >= 0.6 is 15.9 Å². The van der Waals surface area contributed by atoms with E-state index in [9.17, 15) is 9.59 Å². The summed E-state index contributed by atoms with van der Waals surface area (Å²) in [7, 11) is 0. The Bertz CT molecular complexity index is 962. The maximum Gasteiger partial charge on any atom is 0.253 e. The zero-order chi connectivity index (χ0) is 21.5. The SMILES string of the molecule is N=CNC(=N)c1ccc(C(=O)N2CCN(C(=O)/C=C/c3ccc(Br)cc3)CC2)cc1. The summed E-state index contributed by atoms with van der Waals surface area (Å²) < 4.78 is 0.989. The second kappa shape index (κ2) is 9.98. The Morgan fingerprint density at radius 3 is 2.07 bits per heavy atom. The molecule has 0 aromatic heterocycles. The Hall–Kier alpha value is -3.26. The number of carbonyl (C=O) groups is 2. The molecule has 1 aliphatic rings. The molecule has 1 fully saturated rings. The average molecular weight is 468 g/mol. The van der Waals surface area contributed by atoms with Gasteiger partial charge in [-0.05, 0) is 35.9 Å². The largest absolute Gasteiger partial charge is 0.336 e. The molecule has 0 aliphatic carbocycles. The Labute approximate surface area is 183 Å². The number of amidine groups is 1. The van der Waals surface area contributed by atoms with Gasteiger partial charge >= 0.3 is 0 Å². The monoisotopic (exact) mass is 467 g/mol. The molecule has 7 nitrogen and oxygen atoms in total. The number of nitrogens with zero attached hydrogens (tertiary/aromatic N) is 2. The molecule has 1 aliphatic heterocycles. The summed E-state index contributed by atoms with van der Waals surface area (Å²) >= 11 is 3.39. The van der Waals surface area contributed by atoms with Crippen LogP contribution in [0.1, 0.15) is 21.5 Å². The molecule has 0 bridgehead atoms. The smallest absolute Gasteiger partial charge is 0.253 e. The van der Waals surface area contributed by atoms with E-state index >= 15 is 0 Å². The van der Waals surface area contributed by atoms with Crippen molar-refractivity contribution in [3.8, 4) is 0 Å². The number of benzene rings is 2.